The third-order valence-electron chi connectivity index (χ3n) is 5.51. The van der Waals surface area contributed by atoms with E-state index in [-0.39, 0.29) is 17.2 Å². The number of ether oxygens (including phenoxy) is 3. The Morgan fingerprint density at radius 1 is 0.971 bits per heavy atom. The van der Waals surface area contributed by atoms with Crippen LogP contribution in [0.5, 0.6) is 17.2 Å². The topological polar surface area (TPSA) is 88.9 Å². The number of hydrogen-bond acceptors (Lipinski definition) is 6. The quantitative estimate of drug-likeness (QED) is 0.237. The fourth-order valence-corrected chi connectivity index (χ4v) is 3.75. The molecule has 34 heavy (non-hydrogen) atoms. The summed E-state index contributed by atoms with van der Waals surface area (Å²) >= 11 is 0. The molecule has 3 aromatic rings. The van der Waals surface area contributed by atoms with Crippen LogP contribution in [0.2, 0.25) is 0 Å². The summed E-state index contributed by atoms with van der Waals surface area (Å²) in [5, 5.41) is 9.65. The third kappa shape index (κ3) is 4.62. The van der Waals surface area contributed by atoms with Crippen LogP contribution in [0.1, 0.15) is 21.5 Å². The van der Waals surface area contributed by atoms with Crippen molar-refractivity contribution in [1.82, 2.24) is 0 Å². The number of fused-ring (bicyclic) bond motifs is 1. The number of anilines is 1. The Labute approximate surface area is 197 Å². The molecule has 0 spiro atoms. The standard InChI is InChI=1S/C27H22N2O5/c1-32-22-10-8-20(9-11-22)27(31)34-24-12-7-18(16-25(24)33-2)15-21(17-28)26(30)29-14-13-19-5-3-4-6-23(19)29/h3-12,15-16H,13-14H2,1-2H3/b21-15+. The summed E-state index contributed by atoms with van der Waals surface area (Å²) < 4.78 is 16.0. The van der Waals surface area contributed by atoms with Crippen LogP contribution in [0.25, 0.3) is 6.08 Å². The highest BCUT2D eigenvalue weighted by molar-refractivity contribution is 6.12. The van der Waals surface area contributed by atoms with Crippen molar-refractivity contribution >= 4 is 23.6 Å². The largest absolute Gasteiger partial charge is 0.497 e. The highest BCUT2D eigenvalue weighted by atomic mass is 16.6. The van der Waals surface area contributed by atoms with E-state index in [9.17, 15) is 14.9 Å². The number of nitrogens with zero attached hydrogens (tertiary/aromatic N) is 2. The van der Waals surface area contributed by atoms with Gasteiger partial charge in [-0.3, -0.25) is 4.79 Å². The molecule has 4 rings (SSSR count). The van der Waals surface area contributed by atoms with Gasteiger partial charge in [-0.1, -0.05) is 24.3 Å². The Morgan fingerprint density at radius 3 is 2.44 bits per heavy atom. The van der Waals surface area contributed by atoms with Gasteiger partial charge in [0.25, 0.3) is 5.91 Å². The Balaban J connectivity index is 1.54. The lowest BCUT2D eigenvalue weighted by Gasteiger charge is -2.16. The van der Waals surface area contributed by atoms with E-state index in [1.54, 1.807) is 54.5 Å². The van der Waals surface area contributed by atoms with Crippen molar-refractivity contribution in [3.8, 4) is 23.3 Å². The molecule has 7 nitrogen and oxygen atoms in total. The Hall–Kier alpha value is -4.57. The maximum absolute atomic E-state index is 13.0. The van der Waals surface area contributed by atoms with E-state index in [1.165, 1.54) is 13.2 Å². The van der Waals surface area contributed by atoms with Gasteiger partial charge < -0.3 is 19.1 Å². The second-order valence-electron chi connectivity index (χ2n) is 7.53. The molecule has 0 fully saturated rings. The van der Waals surface area contributed by atoms with E-state index < -0.39 is 5.97 Å². The van der Waals surface area contributed by atoms with Crippen LogP contribution >= 0.6 is 0 Å². The van der Waals surface area contributed by atoms with Crippen LogP contribution < -0.4 is 19.1 Å². The van der Waals surface area contributed by atoms with E-state index >= 15 is 0 Å². The fourth-order valence-electron chi connectivity index (χ4n) is 3.75. The van der Waals surface area contributed by atoms with Crippen LogP contribution in [0.15, 0.2) is 72.3 Å². The Morgan fingerprint density at radius 2 is 1.74 bits per heavy atom. The molecule has 1 aliphatic heterocycles. The van der Waals surface area contributed by atoms with Gasteiger partial charge in [-0.2, -0.15) is 5.26 Å². The molecular weight excluding hydrogens is 432 g/mol. The predicted octanol–water partition coefficient (Wildman–Crippen LogP) is 4.42. The minimum absolute atomic E-state index is 0.00161. The molecule has 1 heterocycles. The summed E-state index contributed by atoms with van der Waals surface area (Å²) in [6, 6.07) is 21.0. The van der Waals surface area contributed by atoms with Crippen molar-refractivity contribution in [2.45, 2.75) is 6.42 Å². The molecule has 0 aliphatic carbocycles. The molecular formula is C27H22N2O5. The second kappa shape index (κ2) is 9.92. The molecule has 0 saturated heterocycles. The first-order valence-corrected chi connectivity index (χ1v) is 10.6. The number of carbonyl (C=O) groups excluding carboxylic acids is 2. The van der Waals surface area contributed by atoms with Gasteiger partial charge in [0.2, 0.25) is 0 Å². The number of amides is 1. The van der Waals surface area contributed by atoms with Crippen molar-refractivity contribution in [2.24, 2.45) is 0 Å². The molecule has 0 N–H and O–H groups in total. The maximum Gasteiger partial charge on any atom is 0.343 e. The lowest BCUT2D eigenvalue weighted by atomic mass is 10.1. The number of carbonyl (C=O) groups is 2. The fraction of sp³-hybridized carbons (Fsp3) is 0.148. The molecule has 0 bridgehead atoms. The lowest BCUT2D eigenvalue weighted by molar-refractivity contribution is -0.114. The van der Waals surface area contributed by atoms with Gasteiger partial charge in [0, 0.05) is 12.2 Å². The first kappa shape index (κ1) is 22.6. The van der Waals surface area contributed by atoms with Gasteiger partial charge >= 0.3 is 5.97 Å². The molecule has 170 valence electrons. The van der Waals surface area contributed by atoms with E-state index in [0.717, 1.165) is 17.7 Å². The number of esters is 1. The van der Waals surface area contributed by atoms with E-state index in [2.05, 4.69) is 0 Å². The van der Waals surface area contributed by atoms with Gasteiger partial charge in [0.05, 0.1) is 19.8 Å². The minimum atomic E-state index is -0.551. The average molecular weight is 454 g/mol. The smallest absolute Gasteiger partial charge is 0.343 e. The predicted molar refractivity (Wildman–Crippen MR) is 127 cm³/mol. The molecule has 0 atom stereocenters. The average Bonchev–Trinajstić information content (AvgIpc) is 3.31. The third-order valence-corrected chi connectivity index (χ3v) is 5.51. The summed E-state index contributed by atoms with van der Waals surface area (Å²) in [7, 11) is 2.99. The van der Waals surface area contributed by atoms with Crippen LogP contribution in [0, 0.1) is 11.3 Å². The van der Waals surface area contributed by atoms with Gasteiger partial charge in [0.1, 0.15) is 17.4 Å². The number of hydrogen-bond donors (Lipinski definition) is 0. The Bertz CT molecular complexity index is 1310. The van der Waals surface area contributed by atoms with Crippen LogP contribution in [0.4, 0.5) is 5.69 Å². The van der Waals surface area contributed by atoms with Crippen molar-refractivity contribution in [2.75, 3.05) is 25.7 Å². The summed E-state index contributed by atoms with van der Waals surface area (Å²) in [6.45, 7) is 0.529. The van der Waals surface area contributed by atoms with E-state index in [1.807, 2.05) is 30.3 Å². The van der Waals surface area contributed by atoms with Gasteiger partial charge in [-0.25, -0.2) is 4.79 Å². The first-order chi connectivity index (χ1) is 16.5. The van der Waals surface area contributed by atoms with E-state index in [4.69, 9.17) is 14.2 Å². The number of nitriles is 1. The molecule has 1 amide bonds. The molecule has 3 aromatic carbocycles. The van der Waals surface area contributed by atoms with Crippen LogP contribution in [-0.2, 0) is 11.2 Å². The SMILES string of the molecule is COc1ccc(C(=O)Oc2ccc(/C=C(\C#N)C(=O)N3CCc4ccccc43)cc2OC)cc1. The van der Waals surface area contributed by atoms with Crippen LogP contribution in [0.3, 0.4) is 0 Å². The second-order valence-corrected chi connectivity index (χ2v) is 7.53. The van der Waals surface area contributed by atoms with Crippen LogP contribution in [-0.4, -0.2) is 32.6 Å². The maximum atomic E-state index is 13.0. The van der Waals surface area contributed by atoms with Gasteiger partial charge in [-0.05, 0) is 66.1 Å². The van der Waals surface area contributed by atoms with E-state index in [0.29, 0.717) is 29.2 Å². The summed E-state index contributed by atoms with van der Waals surface area (Å²) in [5.41, 5.74) is 2.83. The molecule has 0 saturated carbocycles. The number of para-hydroxylation sites is 1. The normalized spacial score (nSPS) is 12.5. The molecule has 7 heteroatoms. The van der Waals surface area contributed by atoms with Gasteiger partial charge in [0.15, 0.2) is 11.5 Å². The Kier molecular flexibility index (Phi) is 6.60. The summed E-state index contributed by atoms with van der Waals surface area (Å²) in [5.74, 6) is 0.238. The zero-order valence-corrected chi connectivity index (χ0v) is 18.8. The highest BCUT2D eigenvalue weighted by Crippen LogP contribution is 2.31. The van der Waals surface area contributed by atoms with Crippen molar-refractivity contribution in [3.05, 3.63) is 89.0 Å². The highest BCUT2D eigenvalue weighted by Gasteiger charge is 2.26. The van der Waals surface area contributed by atoms with Crippen molar-refractivity contribution in [3.63, 3.8) is 0 Å². The van der Waals surface area contributed by atoms with Crippen molar-refractivity contribution in [1.29, 1.82) is 5.26 Å². The van der Waals surface area contributed by atoms with Gasteiger partial charge in [-0.15, -0.1) is 0 Å². The first-order valence-electron chi connectivity index (χ1n) is 10.6. The number of rotatable bonds is 6. The molecule has 0 aromatic heterocycles. The zero-order chi connectivity index (χ0) is 24.1. The number of methoxy groups -OCH3 is 2. The zero-order valence-electron chi connectivity index (χ0n) is 18.8. The van der Waals surface area contributed by atoms with Crippen molar-refractivity contribution < 1.29 is 23.8 Å². The lowest BCUT2D eigenvalue weighted by Crippen LogP contribution is -2.29. The minimum Gasteiger partial charge on any atom is -0.497 e. The summed E-state index contributed by atoms with van der Waals surface area (Å²) in [4.78, 5) is 27.2. The molecule has 1 aliphatic rings. The molecule has 0 radical (unpaired) electrons. The number of benzene rings is 3. The summed E-state index contributed by atoms with van der Waals surface area (Å²) in [6.07, 6.45) is 2.25. The monoisotopic (exact) mass is 454 g/mol. The molecule has 0 unspecified atom stereocenters.